The average molecular weight is 295 g/mol. The van der Waals surface area contributed by atoms with Crippen molar-refractivity contribution >= 4 is 17.4 Å². The Bertz CT molecular complexity index is 698. The van der Waals surface area contributed by atoms with Gasteiger partial charge in [-0.3, -0.25) is 5.32 Å². The first-order valence-electron chi connectivity index (χ1n) is 7.06. The number of nitrogens with zero attached hydrogens (tertiary/aromatic N) is 2. The highest BCUT2D eigenvalue weighted by molar-refractivity contribution is 5.90. The number of nitrogens with one attached hydrogen (secondary N) is 1. The van der Waals surface area contributed by atoms with Crippen molar-refractivity contribution < 1.29 is 9.53 Å². The number of aromatic nitrogens is 1. The van der Waals surface area contributed by atoms with E-state index in [0.29, 0.717) is 18.9 Å². The highest BCUT2D eigenvalue weighted by Crippen LogP contribution is 2.24. The van der Waals surface area contributed by atoms with E-state index in [1.807, 2.05) is 36.4 Å². The fourth-order valence-electron chi connectivity index (χ4n) is 2.37. The van der Waals surface area contributed by atoms with Crippen LogP contribution in [0.5, 0.6) is 5.75 Å². The summed E-state index contributed by atoms with van der Waals surface area (Å²) in [7, 11) is 1.65. The summed E-state index contributed by atoms with van der Waals surface area (Å²) in [6.45, 7) is 1.16. The molecule has 0 fully saturated rings. The van der Waals surface area contributed by atoms with Gasteiger partial charge in [0.2, 0.25) is 0 Å². The van der Waals surface area contributed by atoms with E-state index >= 15 is 0 Å². The molecule has 2 amide bonds. The summed E-state index contributed by atoms with van der Waals surface area (Å²) in [5, 5.41) is 2.80. The van der Waals surface area contributed by atoms with E-state index in [1.165, 1.54) is 0 Å². The molecule has 0 saturated carbocycles. The lowest BCUT2D eigenvalue weighted by atomic mass is 10.1. The van der Waals surface area contributed by atoms with E-state index in [9.17, 15) is 4.79 Å². The molecule has 2 heterocycles. The standard InChI is InChI=1S/C17H17N3O2/c1-22-15-6-4-5-13(11-15)14-8-10-20(12-14)17(21)19-16-7-2-3-9-18-16/h2-9,11H,10,12H2,1H3,(H,18,19,21). The number of urea groups is 1. The van der Waals surface area contributed by atoms with Gasteiger partial charge in [-0.1, -0.05) is 24.3 Å². The zero-order chi connectivity index (χ0) is 15.4. The van der Waals surface area contributed by atoms with E-state index < -0.39 is 0 Å². The molecule has 1 aliphatic heterocycles. The molecule has 1 N–H and O–H groups in total. The number of anilines is 1. The first kappa shape index (κ1) is 14.1. The first-order valence-corrected chi connectivity index (χ1v) is 7.06. The maximum Gasteiger partial charge on any atom is 0.323 e. The van der Waals surface area contributed by atoms with Crippen LogP contribution in [0.15, 0.2) is 54.7 Å². The Balaban J connectivity index is 1.65. The van der Waals surface area contributed by atoms with Crippen molar-refractivity contribution in [2.24, 2.45) is 0 Å². The quantitative estimate of drug-likeness (QED) is 0.947. The van der Waals surface area contributed by atoms with Crippen LogP contribution in [0.1, 0.15) is 5.56 Å². The summed E-state index contributed by atoms with van der Waals surface area (Å²) < 4.78 is 5.24. The number of benzene rings is 1. The molecule has 0 aliphatic carbocycles. The molecule has 0 saturated heterocycles. The number of amides is 2. The van der Waals surface area contributed by atoms with Gasteiger partial charge in [-0.2, -0.15) is 0 Å². The highest BCUT2D eigenvalue weighted by atomic mass is 16.5. The summed E-state index contributed by atoms with van der Waals surface area (Å²) in [6.07, 6.45) is 3.71. The number of carbonyl (C=O) groups excluding carboxylic acids is 1. The van der Waals surface area contributed by atoms with Crippen LogP contribution in [-0.4, -0.2) is 36.1 Å². The topological polar surface area (TPSA) is 54.5 Å². The number of methoxy groups -OCH3 is 1. The second kappa shape index (κ2) is 6.30. The second-order valence-electron chi connectivity index (χ2n) is 4.99. The van der Waals surface area contributed by atoms with Gasteiger partial charge >= 0.3 is 6.03 Å². The minimum Gasteiger partial charge on any atom is -0.497 e. The molecule has 1 aromatic carbocycles. The predicted molar refractivity (Wildman–Crippen MR) is 85.8 cm³/mol. The van der Waals surface area contributed by atoms with Crippen LogP contribution in [0.2, 0.25) is 0 Å². The summed E-state index contributed by atoms with van der Waals surface area (Å²) in [5.41, 5.74) is 2.20. The van der Waals surface area contributed by atoms with Crippen molar-refractivity contribution in [1.29, 1.82) is 0 Å². The fraction of sp³-hybridized carbons (Fsp3) is 0.176. The zero-order valence-corrected chi connectivity index (χ0v) is 12.3. The lowest BCUT2D eigenvalue weighted by molar-refractivity contribution is 0.224. The SMILES string of the molecule is COc1cccc(C2=CCN(C(=O)Nc3ccccn3)C2)c1. The molecule has 2 aromatic rings. The Morgan fingerprint density at radius 3 is 2.95 bits per heavy atom. The minimum absolute atomic E-state index is 0.146. The largest absolute Gasteiger partial charge is 0.497 e. The zero-order valence-electron chi connectivity index (χ0n) is 12.3. The summed E-state index contributed by atoms with van der Waals surface area (Å²) in [4.78, 5) is 18.1. The van der Waals surface area contributed by atoms with Gasteiger partial charge in [-0.05, 0) is 35.4 Å². The first-order chi connectivity index (χ1) is 10.8. The third kappa shape index (κ3) is 3.09. The van der Waals surface area contributed by atoms with Crippen LogP contribution >= 0.6 is 0 Å². The molecule has 5 heteroatoms. The smallest absolute Gasteiger partial charge is 0.323 e. The van der Waals surface area contributed by atoms with E-state index in [0.717, 1.165) is 16.9 Å². The molecule has 1 aromatic heterocycles. The van der Waals surface area contributed by atoms with Crippen LogP contribution in [0.3, 0.4) is 0 Å². The van der Waals surface area contributed by atoms with Gasteiger partial charge in [0, 0.05) is 19.3 Å². The molecule has 112 valence electrons. The third-order valence-corrected chi connectivity index (χ3v) is 3.55. The fourth-order valence-corrected chi connectivity index (χ4v) is 2.37. The van der Waals surface area contributed by atoms with Crippen molar-refractivity contribution in [2.75, 3.05) is 25.5 Å². The molecule has 5 nitrogen and oxygen atoms in total. The molecule has 0 atom stereocenters. The van der Waals surface area contributed by atoms with Gasteiger partial charge in [-0.15, -0.1) is 0 Å². The van der Waals surface area contributed by atoms with Crippen LogP contribution < -0.4 is 10.1 Å². The van der Waals surface area contributed by atoms with Crippen molar-refractivity contribution in [3.63, 3.8) is 0 Å². The van der Waals surface area contributed by atoms with Crippen LogP contribution in [-0.2, 0) is 0 Å². The lowest BCUT2D eigenvalue weighted by Crippen LogP contribution is -2.33. The Labute approximate surface area is 129 Å². The summed E-state index contributed by atoms with van der Waals surface area (Å²) in [6, 6.07) is 13.1. The van der Waals surface area contributed by atoms with Crippen molar-refractivity contribution in [2.45, 2.75) is 0 Å². The molecule has 0 radical (unpaired) electrons. The van der Waals surface area contributed by atoms with E-state index in [2.05, 4.69) is 16.4 Å². The molecular weight excluding hydrogens is 278 g/mol. The molecular formula is C17H17N3O2. The van der Waals surface area contributed by atoms with Gasteiger partial charge in [-0.25, -0.2) is 9.78 Å². The number of hydrogen-bond acceptors (Lipinski definition) is 3. The Hall–Kier alpha value is -2.82. The molecule has 1 aliphatic rings. The number of ether oxygens (including phenoxy) is 1. The normalized spacial score (nSPS) is 13.7. The van der Waals surface area contributed by atoms with Gasteiger partial charge in [0.25, 0.3) is 0 Å². The van der Waals surface area contributed by atoms with E-state index in [4.69, 9.17) is 4.74 Å². The van der Waals surface area contributed by atoms with Gasteiger partial charge in [0.1, 0.15) is 11.6 Å². The van der Waals surface area contributed by atoms with Crippen molar-refractivity contribution in [3.8, 4) is 5.75 Å². The summed E-state index contributed by atoms with van der Waals surface area (Å²) in [5.74, 6) is 1.37. The molecule has 0 bridgehead atoms. The molecule has 0 unspecified atom stereocenters. The van der Waals surface area contributed by atoms with Gasteiger partial charge in [0.05, 0.1) is 7.11 Å². The molecule has 0 spiro atoms. The Kier molecular flexibility index (Phi) is 4.05. The van der Waals surface area contributed by atoms with Gasteiger partial charge in [0.15, 0.2) is 0 Å². The van der Waals surface area contributed by atoms with Crippen LogP contribution in [0.4, 0.5) is 10.6 Å². The Morgan fingerprint density at radius 2 is 2.18 bits per heavy atom. The second-order valence-corrected chi connectivity index (χ2v) is 4.99. The number of pyridine rings is 1. The minimum atomic E-state index is -0.146. The molecule has 3 rings (SSSR count). The Morgan fingerprint density at radius 1 is 1.27 bits per heavy atom. The van der Waals surface area contributed by atoms with E-state index in [1.54, 1.807) is 24.3 Å². The number of hydrogen-bond donors (Lipinski definition) is 1. The predicted octanol–water partition coefficient (Wildman–Crippen LogP) is 3.02. The van der Waals surface area contributed by atoms with Crippen LogP contribution in [0.25, 0.3) is 5.57 Å². The monoisotopic (exact) mass is 295 g/mol. The molecule has 22 heavy (non-hydrogen) atoms. The average Bonchev–Trinajstić information content (AvgIpc) is 3.06. The maximum atomic E-state index is 12.2. The number of carbonyl (C=O) groups is 1. The number of rotatable bonds is 3. The van der Waals surface area contributed by atoms with Gasteiger partial charge < -0.3 is 9.64 Å². The highest BCUT2D eigenvalue weighted by Gasteiger charge is 2.20. The van der Waals surface area contributed by atoms with E-state index in [-0.39, 0.29) is 6.03 Å². The van der Waals surface area contributed by atoms with Crippen molar-refractivity contribution in [3.05, 3.63) is 60.3 Å². The summed E-state index contributed by atoms with van der Waals surface area (Å²) >= 11 is 0. The van der Waals surface area contributed by atoms with Crippen molar-refractivity contribution in [1.82, 2.24) is 9.88 Å². The lowest BCUT2D eigenvalue weighted by Gasteiger charge is -2.17. The van der Waals surface area contributed by atoms with Crippen LogP contribution in [0, 0.1) is 0 Å². The third-order valence-electron chi connectivity index (χ3n) is 3.55. The maximum absolute atomic E-state index is 12.2.